The van der Waals surface area contributed by atoms with Crippen molar-refractivity contribution in [3.63, 3.8) is 0 Å². The number of benzene rings is 1. The molecule has 0 fully saturated rings. The van der Waals surface area contributed by atoms with Crippen LogP contribution in [-0.4, -0.2) is 40.1 Å². The van der Waals surface area contributed by atoms with Gasteiger partial charge in [-0.25, -0.2) is 0 Å². The van der Waals surface area contributed by atoms with Crippen LogP contribution < -0.4 is 9.47 Å². The second-order valence-corrected chi connectivity index (χ2v) is 5.40. The lowest BCUT2D eigenvalue weighted by molar-refractivity contribution is 0.0642. The van der Waals surface area contributed by atoms with Crippen molar-refractivity contribution in [3.05, 3.63) is 22.2 Å². The molecule has 0 aromatic heterocycles. The molecule has 6 heteroatoms. The molecule has 120 valence electrons. The Morgan fingerprint density at radius 3 is 2.57 bits per heavy atom. The first-order chi connectivity index (χ1) is 10.2. The Labute approximate surface area is 139 Å². The first-order valence-corrected chi connectivity index (χ1v) is 8.26. The van der Waals surface area contributed by atoms with Gasteiger partial charge in [-0.1, -0.05) is 0 Å². The SMILES string of the molecule is CCOc1cc(CCl)cc(Br)c1OCCCOCCOC. The number of hydrogen-bond donors (Lipinski definition) is 0. The fraction of sp³-hybridized carbons (Fsp3) is 0.600. The fourth-order valence-electron chi connectivity index (χ4n) is 1.68. The van der Waals surface area contributed by atoms with E-state index in [0.717, 1.165) is 16.5 Å². The molecule has 0 aliphatic rings. The van der Waals surface area contributed by atoms with Crippen LogP contribution in [-0.2, 0) is 15.4 Å². The van der Waals surface area contributed by atoms with Crippen molar-refractivity contribution in [2.45, 2.75) is 19.2 Å². The number of halogens is 2. The molecule has 0 atom stereocenters. The number of rotatable bonds is 11. The quantitative estimate of drug-likeness (QED) is 0.428. The molecule has 4 nitrogen and oxygen atoms in total. The summed E-state index contributed by atoms with van der Waals surface area (Å²) in [6, 6.07) is 3.85. The minimum absolute atomic E-state index is 0.437. The van der Waals surface area contributed by atoms with E-state index in [1.165, 1.54) is 0 Å². The Balaban J connectivity index is 2.49. The average Bonchev–Trinajstić information content (AvgIpc) is 2.48. The van der Waals surface area contributed by atoms with Crippen molar-refractivity contribution < 1.29 is 18.9 Å². The second kappa shape index (κ2) is 11.1. The lowest BCUT2D eigenvalue weighted by Crippen LogP contribution is -2.08. The molecule has 1 aromatic carbocycles. The van der Waals surface area contributed by atoms with Crippen LogP contribution in [0.25, 0.3) is 0 Å². The number of alkyl halides is 1. The Kier molecular flexibility index (Phi) is 9.83. The van der Waals surface area contributed by atoms with E-state index >= 15 is 0 Å². The molecule has 0 amide bonds. The van der Waals surface area contributed by atoms with Crippen molar-refractivity contribution in [3.8, 4) is 11.5 Å². The van der Waals surface area contributed by atoms with E-state index in [9.17, 15) is 0 Å². The Morgan fingerprint density at radius 1 is 1.10 bits per heavy atom. The number of ether oxygens (including phenoxy) is 4. The van der Waals surface area contributed by atoms with Gasteiger partial charge < -0.3 is 18.9 Å². The van der Waals surface area contributed by atoms with Gasteiger partial charge in [-0.2, -0.15) is 0 Å². The Morgan fingerprint density at radius 2 is 1.90 bits per heavy atom. The van der Waals surface area contributed by atoms with Crippen LogP contribution in [0.4, 0.5) is 0 Å². The van der Waals surface area contributed by atoms with E-state index in [2.05, 4.69) is 15.9 Å². The van der Waals surface area contributed by atoms with E-state index in [4.69, 9.17) is 30.5 Å². The molecular weight excluding hydrogens is 360 g/mol. The third-order valence-corrected chi connectivity index (χ3v) is 3.53. The largest absolute Gasteiger partial charge is 0.490 e. The highest BCUT2D eigenvalue weighted by atomic mass is 79.9. The fourth-order valence-corrected chi connectivity index (χ4v) is 2.44. The van der Waals surface area contributed by atoms with Crippen molar-refractivity contribution >= 4 is 27.5 Å². The molecule has 0 saturated carbocycles. The summed E-state index contributed by atoms with van der Waals surface area (Å²) < 4.78 is 22.6. The zero-order valence-electron chi connectivity index (χ0n) is 12.5. The summed E-state index contributed by atoms with van der Waals surface area (Å²) in [5, 5.41) is 0. The van der Waals surface area contributed by atoms with Gasteiger partial charge >= 0.3 is 0 Å². The van der Waals surface area contributed by atoms with Gasteiger partial charge in [0.2, 0.25) is 0 Å². The van der Waals surface area contributed by atoms with Gasteiger partial charge in [0.25, 0.3) is 0 Å². The van der Waals surface area contributed by atoms with Crippen molar-refractivity contribution in [2.75, 3.05) is 40.1 Å². The van der Waals surface area contributed by atoms with Crippen molar-refractivity contribution in [1.29, 1.82) is 0 Å². The summed E-state index contributed by atoms with van der Waals surface area (Å²) in [5.41, 5.74) is 0.988. The monoisotopic (exact) mass is 380 g/mol. The minimum atomic E-state index is 0.437. The summed E-state index contributed by atoms with van der Waals surface area (Å²) in [6.45, 7) is 4.94. The Hall–Kier alpha value is -0.490. The van der Waals surface area contributed by atoms with Gasteiger partial charge in [0.1, 0.15) is 0 Å². The summed E-state index contributed by atoms with van der Waals surface area (Å²) in [6.07, 6.45) is 0.805. The Bertz CT molecular complexity index is 415. The van der Waals surface area contributed by atoms with Crippen LogP contribution in [0.15, 0.2) is 16.6 Å². The molecule has 1 aromatic rings. The second-order valence-electron chi connectivity index (χ2n) is 4.28. The van der Waals surface area contributed by atoms with Gasteiger partial charge in [0.05, 0.1) is 30.9 Å². The van der Waals surface area contributed by atoms with E-state index in [0.29, 0.717) is 50.4 Å². The molecule has 0 aliphatic carbocycles. The minimum Gasteiger partial charge on any atom is -0.490 e. The van der Waals surface area contributed by atoms with Crippen LogP contribution >= 0.6 is 27.5 Å². The predicted octanol–water partition coefficient (Wildman–Crippen LogP) is 4.02. The topological polar surface area (TPSA) is 36.9 Å². The first-order valence-electron chi connectivity index (χ1n) is 6.93. The van der Waals surface area contributed by atoms with Crippen LogP contribution in [0.3, 0.4) is 0 Å². The summed E-state index contributed by atoms with van der Waals surface area (Å²) in [4.78, 5) is 0. The summed E-state index contributed by atoms with van der Waals surface area (Å²) >= 11 is 9.37. The maximum atomic E-state index is 5.87. The van der Waals surface area contributed by atoms with Gasteiger partial charge in [-0.05, 0) is 40.5 Å². The third kappa shape index (κ3) is 6.87. The summed E-state index contributed by atoms with van der Waals surface area (Å²) in [5.74, 6) is 1.86. The highest BCUT2D eigenvalue weighted by Gasteiger charge is 2.12. The zero-order valence-corrected chi connectivity index (χ0v) is 14.8. The highest BCUT2D eigenvalue weighted by Crippen LogP contribution is 2.37. The van der Waals surface area contributed by atoms with Crippen LogP contribution in [0.1, 0.15) is 18.9 Å². The number of hydrogen-bond acceptors (Lipinski definition) is 4. The molecule has 0 aliphatic heterocycles. The van der Waals surface area contributed by atoms with Crippen LogP contribution in [0.2, 0.25) is 0 Å². The third-order valence-electron chi connectivity index (χ3n) is 2.63. The van der Waals surface area contributed by atoms with Gasteiger partial charge in [-0.15, -0.1) is 11.6 Å². The standard InChI is InChI=1S/C15H22BrClO4/c1-3-20-14-10-12(11-17)9-13(16)15(14)21-6-4-5-19-8-7-18-2/h9-10H,3-8,11H2,1-2H3. The first kappa shape index (κ1) is 18.6. The van der Waals surface area contributed by atoms with Gasteiger partial charge in [0, 0.05) is 26.0 Å². The van der Waals surface area contributed by atoms with E-state index in [-0.39, 0.29) is 0 Å². The molecular formula is C15H22BrClO4. The molecule has 0 bridgehead atoms. The lowest BCUT2D eigenvalue weighted by Gasteiger charge is -2.15. The lowest BCUT2D eigenvalue weighted by atomic mass is 10.2. The van der Waals surface area contributed by atoms with Gasteiger partial charge in [-0.3, -0.25) is 0 Å². The molecule has 0 saturated heterocycles. The molecule has 0 unspecified atom stereocenters. The molecule has 21 heavy (non-hydrogen) atoms. The van der Waals surface area contributed by atoms with Crippen molar-refractivity contribution in [2.24, 2.45) is 0 Å². The molecule has 0 heterocycles. The number of methoxy groups -OCH3 is 1. The van der Waals surface area contributed by atoms with Crippen LogP contribution in [0, 0.1) is 0 Å². The molecule has 0 radical (unpaired) electrons. The predicted molar refractivity (Wildman–Crippen MR) is 87.7 cm³/mol. The highest BCUT2D eigenvalue weighted by molar-refractivity contribution is 9.10. The maximum Gasteiger partial charge on any atom is 0.175 e. The van der Waals surface area contributed by atoms with Crippen LogP contribution in [0.5, 0.6) is 11.5 Å². The maximum absolute atomic E-state index is 5.87. The molecule has 0 spiro atoms. The van der Waals surface area contributed by atoms with E-state index < -0.39 is 0 Å². The van der Waals surface area contributed by atoms with Gasteiger partial charge in [0.15, 0.2) is 11.5 Å². The smallest absolute Gasteiger partial charge is 0.175 e. The zero-order chi connectivity index (χ0) is 15.5. The molecule has 1 rings (SSSR count). The average molecular weight is 382 g/mol. The normalized spacial score (nSPS) is 10.7. The molecule has 0 N–H and O–H groups in total. The van der Waals surface area contributed by atoms with E-state index in [1.54, 1.807) is 7.11 Å². The van der Waals surface area contributed by atoms with E-state index in [1.807, 2.05) is 19.1 Å². The summed E-state index contributed by atoms with van der Waals surface area (Å²) in [7, 11) is 1.66. The van der Waals surface area contributed by atoms with Crippen molar-refractivity contribution in [1.82, 2.24) is 0 Å².